The quantitative estimate of drug-likeness (QED) is 0.540. The van der Waals surface area contributed by atoms with Gasteiger partial charge >= 0.3 is 0 Å². The minimum atomic E-state index is -0.255. The summed E-state index contributed by atoms with van der Waals surface area (Å²) in [5.41, 5.74) is 1.80. The normalized spacial score (nSPS) is 22.3. The van der Waals surface area contributed by atoms with Crippen molar-refractivity contribution < 1.29 is 8.81 Å². The van der Waals surface area contributed by atoms with Crippen molar-refractivity contribution in [1.82, 2.24) is 15.2 Å². The topological polar surface area (TPSA) is 41.3 Å². The summed E-state index contributed by atoms with van der Waals surface area (Å²) in [6.07, 6.45) is 7.83. The van der Waals surface area contributed by atoms with E-state index in [-0.39, 0.29) is 17.9 Å². The van der Waals surface area contributed by atoms with Gasteiger partial charge in [0.05, 0.1) is 11.7 Å². The highest BCUT2D eigenvalue weighted by molar-refractivity contribution is 7.80. The van der Waals surface area contributed by atoms with E-state index in [2.05, 4.69) is 15.2 Å². The molecule has 30 heavy (non-hydrogen) atoms. The Labute approximate surface area is 181 Å². The molecule has 1 saturated heterocycles. The number of hydrogen-bond acceptors (Lipinski definition) is 3. The molecule has 1 aliphatic heterocycles. The molecule has 0 amide bonds. The summed E-state index contributed by atoms with van der Waals surface area (Å²) in [4.78, 5) is 6.93. The fraction of sp³-hybridized carbons (Fsp3) is 0.333. The van der Waals surface area contributed by atoms with Gasteiger partial charge < -0.3 is 14.6 Å². The number of pyridine rings is 1. The Morgan fingerprint density at radius 1 is 1.00 bits per heavy atom. The SMILES string of the molecule is Fc1ccc(-c2ccc(C3C(c4ccccn4)NC(=S)N3C3CCCCC3)o2)cc1. The predicted molar refractivity (Wildman–Crippen MR) is 118 cm³/mol. The van der Waals surface area contributed by atoms with Crippen LogP contribution in [0.15, 0.2) is 65.2 Å². The minimum Gasteiger partial charge on any atom is -0.459 e. The van der Waals surface area contributed by atoms with Crippen molar-refractivity contribution >= 4 is 17.3 Å². The minimum absolute atomic E-state index is 0.0651. The Bertz CT molecular complexity index is 1010. The van der Waals surface area contributed by atoms with Gasteiger partial charge in [-0.2, -0.15) is 0 Å². The second-order valence-electron chi connectivity index (χ2n) is 8.03. The lowest BCUT2D eigenvalue weighted by molar-refractivity contribution is 0.179. The van der Waals surface area contributed by atoms with E-state index in [1.807, 2.05) is 36.5 Å². The zero-order chi connectivity index (χ0) is 20.5. The average molecular weight is 422 g/mol. The Kier molecular flexibility index (Phi) is 5.25. The van der Waals surface area contributed by atoms with Gasteiger partial charge in [-0.15, -0.1) is 0 Å². The van der Waals surface area contributed by atoms with Gasteiger partial charge in [0.25, 0.3) is 0 Å². The van der Waals surface area contributed by atoms with Gasteiger partial charge in [0.1, 0.15) is 23.4 Å². The second-order valence-corrected chi connectivity index (χ2v) is 8.42. The van der Waals surface area contributed by atoms with E-state index >= 15 is 0 Å². The molecule has 3 aromatic rings. The van der Waals surface area contributed by atoms with Crippen LogP contribution in [-0.4, -0.2) is 21.0 Å². The van der Waals surface area contributed by atoms with Crippen LogP contribution in [-0.2, 0) is 0 Å². The van der Waals surface area contributed by atoms with Crippen molar-refractivity contribution in [1.29, 1.82) is 0 Å². The van der Waals surface area contributed by atoms with Gasteiger partial charge in [-0.1, -0.05) is 25.3 Å². The lowest BCUT2D eigenvalue weighted by atomic mass is 9.92. The predicted octanol–water partition coefficient (Wildman–Crippen LogP) is 5.79. The lowest BCUT2D eigenvalue weighted by Crippen LogP contribution is -2.40. The maximum atomic E-state index is 13.3. The highest BCUT2D eigenvalue weighted by Gasteiger charge is 2.44. The standard InChI is InChI=1S/C24H24FN3OS/c25-17-11-9-16(10-12-17)20-13-14-21(29-20)23-22(19-8-4-5-15-26-19)27-24(30)28(23)18-6-2-1-3-7-18/h4-5,8-15,18,22-23H,1-3,6-7H2,(H,27,30). The maximum Gasteiger partial charge on any atom is 0.170 e. The molecule has 2 fully saturated rings. The number of nitrogens with zero attached hydrogens (tertiary/aromatic N) is 2. The molecule has 2 aliphatic rings. The molecular formula is C24H24FN3OS. The fourth-order valence-electron chi connectivity index (χ4n) is 4.70. The molecule has 1 aromatic carbocycles. The van der Waals surface area contributed by atoms with E-state index in [1.54, 1.807) is 12.1 Å². The summed E-state index contributed by atoms with van der Waals surface area (Å²) in [5, 5.41) is 4.27. The number of halogens is 1. The molecule has 0 spiro atoms. The highest BCUT2D eigenvalue weighted by atomic mass is 32.1. The van der Waals surface area contributed by atoms with Crippen LogP contribution in [0.1, 0.15) is 55.6 Å². The maximum absolute atomic E-state index is 13.3. The van der Waals surface area contributed by atoms with Gasteiger partial charge in [0.15, 0.2) is 5.11 Å². The molecule has 2 atom stereocenters. The molecule has 5 rings (SSSR count). The first kappa shape index (κ1) is 19.2. The van der Waals surface area contributed by atoms with Crippen molar-refractivity contribution in [3.05, 3.63) is 78.1 Å². The Hall–Kier alpha value is -2.73. The monoisotopic (exact) mass is 421 g/mol. The number of furan rings is 1. The molecule has 2 aromatic heterocycles. The molecule has 0 bridgehead atoms. The van der Waals surface area contributed by atoms with Gasteiger partial charge in [0.2, 0.25) is 0 Å². The molecule has 0 radical (unpaired) electrons. The Morgan fingerprint density at radius 3 is 2.53 bits per heavy atom. The van der Waals surface area contributed by atoms with Crippen LogP contribution in [0.25, 0.3) is 11.3 Å². The first-order valence-corrected chi connectivity index (χ1v) is 11.0. The van der Waals surface area contributed by atoms with Crippen LogP contribution in [0.2, 0.25) is 0 Å². The first-order valence-electron chi connectivity index (χ1n) is 10.6. The number of aromatic nitrogens is 1. The van der Waals surface area contributed by atoms with E-state index in [0.717, 1.165) is 40.7 Å². The van der Waals surface area contributed by atoms with E-state index in [1.165, 1.54) is 31.4 Å². The third-order valence-corrected chi connectivity index (χ3v) is 6.48. The summed E-state index contributed by atoms with van der Waals surface area (Å²) >= 11 is 5.79. The number of rotatable bonds is 4. The molecule has 1 saturated carbocycles. The number of nitrogens with one attached hydrogen (secondary N) is 1. The Balaban J connectivity index is 1.53. The smallest absolute Gasteiger partial charge is 0.170 e. The van der Waals surface area contributed by atoms with Gasteiger partial charge in [0, 0.05) is 17.8 Å². The van der Waals surface area contributed by atoms with Crippen LogP contribution in [0, 0.1) is 5.82 Å². The number of hydrogen-bond donors (Lipinski definition) is 1. The first-order chi connectivity index (χ1) is 14.7. The lowest BCUT2D eigenvalue weighted by Gasteiger charge is -2.36. The molecule has 4 nitrogen and oxygen atoms in total. The van der Waals surface area contributed by atoms with Crippen LogP contribution < -0.4 is 5.32 Å². The van der Waals surface area contributed by atoms with Crippen molar-refractivity contribution in [2.45, 2.75) is 50.2 Å². The van der Waals surface area contributed by atoms with E-state index < -0.39 is 0 Å². The van der Waals surface area contributed by atoms with Crippen molar-refractivity contribution in [3.8, 4) is 11.3 Å². The van der Waals surface area contributed by atoms with E-state index in [4.69, 9.17) is 16.6 Å². The molecular weight excluding hydrogens is 397 g/mol. The van der Waals surface area contributed by atoms with Crippen molar-refractivity contribution in [2.75, 3.05) is 0 Å². The molecule has 6 heteroatoms. The largest absolute Gasteiger partial charge is 0.459 e. The zero-order valence-corrected chi connectivity index (χ0v) is 17.4. The number of thiocarbonyl (C=S) groups is 1. The van der Waals surface area contributed by atoms with Gasteiger partial charge in [-0.25, -0.2) is 4.39 Å². The van der Waals surface area contributed by atoms with Crippen molar-refractivity contribution in [2.24, 2.45) is 0 Å². The highest BCUT2D eigenvalue weighted by Crippen LogP contribution is 2.43. The third-order valence-electron chi connectivity index (χ3n) is 6.15. The molecule has 2 unspecified atom stereocenters. The second kappa shape index (κ2) is 8.19. The van der Waals surface area contributed by atoms with Gasteiger partial charge in [-0.3, -0.25) is 4.98 Å². The van der Waals surface area contributed by atoms with Crippen molar-refractivity contribution in [3.63, 3.8) is 0 Å². The Morgan fingerprint density at radius 2 is 1.80 bits per heavy atom. The summed E-state index contributed by atoms with van der Waals surface area (Å²) in [7, 11) is 0. The summed E-state index contributed by atoms with van der Waals surface area (Å²) in [6, 6.07) is 16.6. The molecule has 154 valence electrons. The molecule has 3 heterocycles. The summed E-state index contributed by atoms with van der Waals surface area (Å²) < 4.78 is 19.6. The fourth-order valence-corrected chi connectivity index (χ4v) is 5.09. The van der Waals surface area contributed by atoms with Crippen LogP contribution >= 0.6 is 12.2 Å². The number of benzene rings is 1. The molecule has 1 N–H and O–H groups in total. The molecule has 1 aliphatic carbocycles. The third kappa shape index (κ3) is 3.60. The zero-order valence-electron chi connectivity index (χ0n) is 16.6. The van der Waals surface area contributed by atoms with Crippen LogP contribution in [0.5, 0.6) is 0 Å². The summed E-state index contributed by atoms with van der Waals surface area (Å²) in [5.74, 6) is 1.32. The summed E-state index contributed by atoms with van der Waals surface area (Å²) in [6.45, 7) is 0. The van der Waals surface area contributed by atoms with Crippen LogP contribution in [0.4, 0.5) is 4.39 Å². The van der Waals surface area contributed by atoms with E-state index in [0.29, 0.717) is 6.04 Å². The average Bonchev–Trinajstić information content (AvgIpc) is 3.40. The van der Waals surface area contributed by atoms with Gasteiger partial charge in [-0.05, 0) is 73.6 Å². The van der Waals surface area contributed by atoms with E-state index in [9.17, 15) is 4.39 Å². The van der Waals surface area contributed by atoms with Crippen LogP contribution in [0.3, 0.4) is 0 Å².